The Bertz CT molecular complexity index is 942. The number of hydrogen-bond acceptors (Lipinski definition) is 5. The van der Waals surface area contributed by atoms with Crippen molar-refractivity contribution in [1.82, 2.24) is 4.98 Å². The van der Waals surface area contributed by atoms with Crippen molar-refractivity contribution >= 4 is 17.3 Å². The van der Waals surface area contributed by atoms with E-state index in [1.807, 2.05) is 49.4 Å². The Hall–Kier alpha value is -3.54. The van der Waals surface area contributed by atoms with Gasteiger partial charge in [0.15, 0.2) is 0 Å². The monoisotopic (exact) mass is 391 g/mol. The lowest BCUT2D eigenvalue weighted by Crippen LogP contribution is -2.13. The Morgan fingerprint density at radius 2 is 1.83 bits per heavy atom. The third-order valence-corrected chi connectivity index (χ3v) is 4.30. The van der Waals surface area contributed by atoms with Gasteiger partial charge in [0.2, 0.25) is 0 Å². The molecule has 6 heteroatoms. The van der Waals surface area contributed by atoms with Crippen molar-refractivity contribution in [1.29, 1.82) is 0 Å². The molecule has 0 radical (unpaired) electrons. The average molecular weight is 391 g/mol. The van der Waals surface area contributed by atoms with E-state index >= 15 is 0 Å². The van der Waals surface area contributed by atoms with Gasteiger partial charge in [0, 0.05) is 24.6 Å². The van der Waals surface area contributed by atoms with Crippen molar-refractivity contribution in [3.8, 4) is 11.5 Å². The van der Waals surface area contributed by atoms with Crippen LogP contribution in [0.3, 0.4) is 0 Å². The van der Waals surface area contributed by atoms with E-state index in [0.717, 1.165) is 30.2 Å². The number of nitrogens with one attached hydrogen (secondary N) is 2. The van der Waals surface area contributed by atoms with Gasteiger partial charge in [-0.1, -0.05) is 12.1 Å². The standard InChI is InChI=1S/C23H25N3O3/c1-3-29-21-9-7-19(8-10-21)26-23(27)18-14-20(16-24-15-18)25-12-11-17-5-4-6-22(13-17)28-2/h4-10,13-16,25H,3,11-12H2,1-2H3,(H,26,27). The molecule has 0 saturated carbocycles. The summed E-state index contributed by atoms with van der Waals surface area (Å²) in [5, 5.41) is 6.18. The molecule has 150 valence electrons. The normalized spacial score (nSPS) is 10.3. The summed E-state index contributed by atoms with van der Waals surface area (Å²) in [6.07, 6.45) is 4.09. The SMILES string of the molecule is CCOc1ccc(NC(=O)c2cncc(NCCc3cccc(OC)c3)c2)cc1. The first-order valence-corrected chi connectivity index (χ1v) is 9.54. The lowest BCUT2D eigenvalue weighted by Gasteiger charge is -2.10. The zero-order valence-corrected chi connectivity index (χ0v) is 16.6. The summed E-state index contributed by atoms with van der Waals surface area (Å²) in [7, 11) is 1.66. The zero-order chi connectivity index (χ0) is 20.5. The zero-order valence-electron chi connectivity index (χ0n) is 16.6. The largest absolute Gasteiger partial charge is 0.497 e. The van der Waals surface area contributed by atoms with Crippen LogP contribution in [0.25, 0.3) is 0 Å². The lowest BCUT2D eigenvalue weighted by atomic mass is 10.1. The molecule has 3 rings (SSSR count). The molecule has 1 amide bonds. The third kappa shape index (κ3) is 5.97. The molecule has 2 aromatic carbocycles. The van der Waals surface area contributed by atoms with Crippen molar-refractivity contribution in [3.05, 3.63) is 78.1 Å². The third-order valence-electron chi connectivity index (χ3n) is 4.30. The summed E-state index contributed by atoms with van der Waals surface area (Å²) >= 11 is 0. The van der Waals surface area contributed by atoms with E-state index in [2.05, 4.69) is 21.7 Å². The number of pyridine rings is 1. The van der Waals surface area contributed by atoms with Gasteiger partial charge in [-0.05, 0) is 61.4 Å². The lowest BCUT2D eigenvalue weighted by molar-refractivity contribution is 0.102. The molecule has 0 spiro atoms. The van der Waals surface area contributed by atoms with E-state index in [4.69, 9.17) is 9.47 Å². The predicted molar refractivity (Wildman–Crippen MR) is 115 cm³/mol. The van der Waals surface area contributed by atoms with E-state index in [-0.39, 0.29) is 5.91 Å². The van der Waals surface area contributed by atoms with Crippen LogP contribution in [0.1, 0.15) is 22.8 Å². The van der Waals surface area contributed by atoms with Crippen LogP contribution in [0, 0.1) is 0 Å². The molecule has 2 N–H and O–H groups in total. The Kier molecular flexibility index (Phi) is 7.05. The molecule has 0 bridgehead atoms. The summed E-state index contributed by atoms with van der Waals surface area (Å²) in [4.78, 5) is 16.7. The molecular weight excluding hydrogens is 366 g/mol. The number of hydrogen-bond donors (Lipinski definition) is 2. The maximum Gasteiger partial charge on any atom is 0.257 e. The summed E-state index contributed by atoms with van der Waals surface area (Å²) in [5.74, 6) is 1.41. The number of aromatic nitrogens is 1. The molecule has 0 aliphatic heterocycles. The van der Waals surface area contributed by atoms with Crippen LogP contribution in [0.15, 0.2) is 67.0 Å². The molecule has 0 saturated heterocycles. The minimum Gasteiger partial charge on any atom is -0.497 e. The Morgan fingerprint density at radius 1 is 1.00 bits per heavy atom. The average Bonchev–Trinajstić information content (AvgIpc) is 2.76. The molecular formula is C23H25N3O3. The van der Waals surface area contributed by atoms with E-state index in [1.54, 1.807) is 25.6 Å². The second kappa shape index (κ2) is 10.1. The van der Waals surface area contributed by atoms with Crippen LogP contribution in [0.5, 0.6) is 11.5 Å². The number of carbonyl (C=O) groups is 1. The van der Waals surface area contributed by atoms with Crippen LogP contribution in [-0.2, 0) is 6.42 Å². The molecule has 1 aromatic heterocycles. The van der Waals surface area contributed by atoms with Crippen molar-refractivity contribution in [2.75, 3.05) is 30.9 Å². The minimum atomic E-state index is -0.210. The van der Waals surface area contributed by atoms with Gasteiger partial charge in [-0.3, -0.25) is 9.78 Å². The van der Waals surface area contributed by atoms with E-state index in [9.17, 15) is 4.79 Å². The van der Waals surface area contributed by atoms with Gasteiger partial charge in [-0.25, -0.2) is 0 Å². The number of amides is 1. The highest BCUT2D eigenvalue weighted by atomic mass is 16.5. The van der Waals surface area contributed by atoms with Crippen molar-refractivity contribution in [2.24, 2.45) is 0 Å². The first-order chi connectivity index (χ1) is 14.2. The molecule has 0 aliphatic rings. The van der Waals surface area contributed by atoms with Gasteiger partial charge in [0.05, 0.1) is 25.0 Å². The topological polar surface area (TPSA) is 72.5 Å². The fourth-order valence-electron chi connectivity index (χ4n) is 2.84. The quantitative estimate of drug-likeness (QED) is 0.566. The van der Waals surface area contributed by atoms with Gasteiger partial charge < -0.3 is 20.1 Å². The Labute approximate surface area is 170 Å². The second-order valence-electron chi connectivity index (χ2n) is 6.40. The Balaban J connectivity index is 1.56. The summed E-state index contributed by atoms with van der Waals surface area (Å²) in [6, 6.07) is 17.0. The van der Waals surface area contributed by atoms with E-state index in [1.165, 1.54) is 5.56 Å². The van der Waals surface area contributed by atoms with Gasteiger partial charge in [-0.2, -0.15) is 0 Å². The molecule has 0 aliphatic carbocycles. The van der Waals surface area contributed by atoms with Crippen molar-refractivity contribution in [2.45, 2.75) is 13.3 Å². The fraction of sp³-hybridized carbons (Fsp3) is 0.217. The number of ether oxygens (including phenoxy) is 2. The first kappa shape index (κ1) is 20.2. The van der Waals surface area contributed by atoms with Crippen molar-refractivity contribution in [3.63, 3.8) is 0 Å². The van der Waals surface area contributed by atoms with Crippen LogP contribution in [0.2, 0.25) is 0 Å². The molecule has 3 aromatic rings. The van der Waals surface area contributed by atoms with Gasteiger partial charge in [0.1, 0.15) is 11.5 Å². The summed E-state index contributed by atoms with van der Waals surface area (Å²) < 4.78 is 10.7. The molecule has 29 heavy (non-hydrogen) atoms. The van der Waals surface area contributed by atoms with Crippen molar-refractivity contribution < 1.29 is 14.3 Å². The fourth-order valence-corrected chi connectivity index (χ4v) is 2.84. The first-order valence-electron chi connectivity index (χ1n) is 9.54. The number of benzene rings is 2. The molecule has 0 fully saturated rings. The highest BCUT2D eigenvalue weighted by Crippen LogP contribution is 2.17. The van der Waals surface area contributed by atoms with E-state index < -0.39 is 0 Å². The predicted octanol–water partition coefficient (Wildman–Crippen LogP) is 4.40. The van der Waals surface area contributed by atoms with Crippen LogP contribution in [0.4, 0.5) is 11.4 Å². The summed E-state index contributed by atoms with van der Waals surface area (Å²) in [6.45, 7) is 3.26. The van der Waals surface area contributed by atoms with Gasteiger partial charge >= 0.3 is 0 Å². The summed E-state index contributed by atoms with van der Waals surface area (Å²) in [5.41, 5.74) is 3.17. The number of carbonyl (C=O) groups excluding carboxylic acids is 1. The maximum absolute atomic E-state index is 12.5. The number of nitrogens with zero attached hydrogens (tertiary/aromatic N) is 1. The Morgan fingerprint density at radius 3 is 2.59 bits per heavy atom. The van der Waals surface area contributed by atoms with Crippen LogP contribution >= 0.6 is 0 Å². The van der Waals surface area contributed by atoms with Gasteiger partial charge in [-0.15, -0.1) is 0 Å². The number of anilines is 2. The smallest absolute Gasteiger partial charge is 0.257 e. The molecule has 6 nitrogen and oxygen atoms in total. The highest BCUT2D eigenvalue weighted by molar-refractivity contribution is 6.04. The van der Waals surface area contributed by atoms with Gasteiger partial charge in [0.25, 0.3) is 5.91 Å². The van der Waals surface area contributed by atoms with Crippen LogP contribution < -0.4 is 20.1 Å². The number of rotatable bonds is 9. The molecule has 0 unspecified atom stereocenters. The number of methoxy groups -OCH3 is 1. The maximum atomic E-state index is 12.5. The minimum absolute atomic E-state index is 0.210. The van der Waals surface area contributed by atoms with E-state index in [0.29, 0.717) is 17.9 Å². The second-order valence-corrected chi connectivity index (χ2v) is 6.40. The highest BCUT2D eigenvalue weighted by Gasteiger charge is 2.08. The van der Waals surface area contributed by atoms with Crippen LogP contribution in [-0.4, -0.2) is 31.2 Å². The molecule has 1 heterocycles. The molecule has 0 atom stereocenters.